The van der Waals surface area contributed by atoms with Crippen molar-refractivity contribution in [3.63, 3.8) is 0 Å². The third-order valence-electron chi connectivity index (χ3n) is 4.78. The van der Waals surface area contributed by atoms with E-state index in [0.717, 1.165) is 40.7 Å². The van der Waals surface area contributed by atoms with E-state index in [1.807, 2.05) is 54.6 Å². The highest BCUT2D eigenvalue weighted by Crippen LogP contribution is 2.29. The molecule has 0 saturated carbocycles. The Hall–Kier alpha value is -3.15. The lowest BCUT2D eigenvalue weighted by atomic mass is 10.1. The van der Waals surface area contributed by atoms with Gasteiger partial charge in [-0.15, -0.1) is 0 Å². The number of halogens is 1. The lowest BCUT2D eigenvalue weighted by Gasteiger charge is -2.07. The van der Waals surface area contributed by atoms with Gasteiger partial charge in [0.25, 0.3) is 0 Å². The van der Waals surface area contributed by atoms with Crippen LogP contribution in [-0.4, -0.2) is 22.9 Å². The van der Waals surface area contributed by atoms with Gasteiger partial charge in [0, 0.05) is 28.0 Å². The molecule has 4 rings (SSSR count). The molecule has 0 bridgehead atoms. The second kappa shape index (κ2) is 9.57. The van der Waals surface area contributed by atoms with E-state index in [9.17, 15) is 0 Å². The highest BCUT2D eigenvalue weighted by molar-refractivity contribution is 7.80. The molecule has 0 fully saturated rings. The summed E-state index contributed by atoms with van der Waals surface area (Å²) >= 11 is 11.4. The zero-order chi connectivity index (χ0) is 20.8. The van der Waals surface area contributed by atoms with Crippen LogP contribution >= 0.6 is 23.8 Å². The maximum absolute atomic E-state index is 6.05. The van der Waals surface area contributed by atoms with Crippen LogP contribution in [0.3, 0.4) is 0 Å². The monoisotopic (exact) mass is 432 g/mol. The number of benzene rings is 3. The van der Waals surface area contributed by atoms with Gasteiger partial charge < -0.3 is 10.3 Å². The summed E-state index contributed by atoms with van der Waals surface area (Å²) in [5.74, 6) is 0. The molecule has 30 heavy (non-hydrogen) atoms. The lowest BCUT2D eigenvalue weighted by Crippen LogP contribution is -2.33. The maximum Gasteiger partial charge on any atom is 0.186 e. The molecule has 0 atom stereocenters. The SMILES string of the molecule is S=C(NCCc1ccccc1)N/N=C/c1c(-c2ccc(Cl)cc2)[nH]c2ccccc12. The number of para-hydroxylation sites is 1. The molecule has 1 aromatic heterocycles. The molecule has 3 N–H and O–H groups in total. The Morgan fingerprint density at radius 3 is 2.50 bits per heavy atom. The Balaban J connectivity index is 1.46. The summed E-state index contributed by atoms with van der Waals surface area (Å²) in [5, 5.41) is 9.85. The first kappa shape index (κ1) is 20.1. The van der Waals surface area contributed by atoms with Crippen molar-refractivity contribution in [1.82, 2.24) is 15.7 Å². The molecule has 0 unspecified atom stereocenters. The molecular weight excluding hydrogens is 412 g/mol. The fourth-order valence-electron chi connectivity index (χ4n) is 3.30. The Morgan fingerprint density at radius 2 is 1.70 bits per heavy atom. The highest BCUT2D eigenvalue weighted by Gasteiger charge is 2.11. The summed E-state index contributed by atoms with van der Waals surface area (Å²) in [7, 11) is 0. The number of hydrogen-bond donors (Lipinski definition) is 3. The number of aromatic nitrogens is 1. The highest BCUT2D eigenvalue weighted by atomic mass is 35.5. The summed E-state index contributed by atoms with van der Waals surface area (Å²) in [6.07, 6.45) is 2.70. The van der Waals surface area contributed by atoms with Gasteiger partial charge in [-0.05, 0) is 48.0 Å². The number of H-pyrrole nitrogens is 1. The number of aromatic amines is 1. The van der Waals surface area contributed by atoms with Crippen molar-refractivity contribution in [2.75, 3.05) is 6.54 Å². The van der Waals surface area contributed by atoms with Gasteiger partial charge in [-0.2, -0.15) is 5.10 Å². The topological polar surface area (TPSA) is 52.2 Å². The van der Waals surface area contributed by atoms with Crippen LogP contribution in [0.4, 0.5) is 0 Å². The minimum atomic E-state index is 0.495. The molecule has 0 aliphatic rings. The third-order valence-corrected chi connectivity index (χ3v) is 5.27. The van der Waals surface area contributed by atoms with E-state index in [-0.39, 0.29) is 0 Å². The number of hydrogen-bond acceptors (Lipinski definition) is 2. The molecule has 0 radical (unpaired) electrons. The summed E-state index contributed by atoms with van der Waals surface area (Å²) in [4.78, 5) is 3.48. The van der Waals surface area contributed by atoms with E-state index in [1.165, 1.54) is 5.56 Å². The Bertz CT molecular complexity index is 1170. The second-order valence-corrected chi connectivity index (χ2v) is 7.67. The van der Waals surface area contributed by atoms with Gasteiger partial charge in [0.15, 0.2) is 5.11 Å². The predicted molar refractivity (Wildman–Crippen MR) is 130 cm³/mol. The molecule has 0 amide bonds. The average molecular weight is 433 g/mol. The van der Waals surface area contributed by atoms with Crippen molar-refractivity contribution in [3.05, 3.63) is 95.0 Å². The van der Waals surface area contributed by atoms with Gasteiger partial charge in [0.2, 0.25) is 0 Å². The van der Waals surface area contributed by atoms with Gasteiger partial charge in [-0.3, -0.25) is 5.43 Å². The summed E-state index contributed by atoms with van der Waals surface area (Å²) in [5.41, 5.74) is 8.25. The first-order valence-corrected chi connectivity index (χ1v) is 10.5. The molecule has 0 spiro atoms. The van der Waals surface area contributed by atoms with Gasteiger partial charge >= 0.3 is 0 Å². The standard InChI is InChI=1S/C24H21ClN4S/c25-19-12-10-18(11-13-19)23-21(20-8-4-5-9-22(20)28-23)16-27-29-24(30)26-15-14-17-6-2-1-3-7-17/h1-13,16,28H,14-15H2,(H2,26,29,30)/b27-16+. The third kappa shape index (κ3) is 4.87. The first-order valence-electron chi connectivity index (χ1n) is 9.68. The number of rotatable bonds is 6. The number of fused-ring (bicyclic) bond motifs is 1. The molecule has 0 saturated heterocycles. The van der Waals surface area contributed by atoms with E-state index >= 15 is 0 Å². The predicted octanol–water partition coefficient (Wildman–Crippen LogP) is 5.53. The van der Waals surface area contributed by atoms with Crippen molar-refractivity contribution < 1.29 is 0 Å². The molecular formula is C24H21ClN4S. The molecule has 4 aromatic rings. The van der Waals surface area contributed by atoms with Crippen LogP contribution in [-0.2, 0) is 6.42 Å². The van der Waals surface area contributed by atoms with Crippen molar-refractivity contribution >= 4 is 46.0 Å². The normalized spacial score (nSPS) is 11.1. The van der Waals surface area contributed by atoms with E-state index < -0.39 is 0 Å². The summed E-state index contributed by atoms with van der Waals surface area (Å²) in [6.45, 7) is 0.745. The van der Waals surface area contributed by atoms with Crippen molar-refractivity contribution in [2.45, 2.75) is 6.42 Å². The minimum Gasteiger partial charge on any atom is -0.361 e. The molecule has 0 aliphatic carbocycles. The smallest absolute Gasteiger partial charge is 0.186 e. The van der Waals surface area contributed by atoms with E-state index in [0.29, 0.717) is 10.1 Å². The first-order chi connectivity index (χ1) is 14.7. The zero-order valence-electron chi connectivity index (χ0n) is 16.2. The van der Waals surface area contributed by atoms with Crippen LogP contribution in [0.5, 0.6) is 0 Å². The van der Waals surface area contributed by atoms with Crippen LogP contribution in [0.15, 0.2) is 84.0 Å². The van der Waals surface area contributed by atoms with Crippen LogP contribution < -0.4 is 10.7 Å². The maximum atomic E-state index is 6.05. The van der Waals surface area contributed by atoms with Crippen LogP contribution in [0.25, 0.3) is 22.2 Å². The van der Waals surface area contributed by atoms with Gasteiger partial charge in [0.05, 0.1) is 11.9 Å². The lowest BCUT2D eigenvalue weighted by molar-refractivity contribution is 0.838. The van der Waals surface area contributed by atoms with Crippen molar-refractivity contribution in [3.8, 4) is 11.3 Å². The largest absolute Gasteiger partial charge is 0.361 e. The van der Waals surface area contributed by atoms with Crippen LogP contribution in [0.1, 0.15) is 11.1 Å². The van der Waals surface area contributed by atoms with Crippen molar-refractivity contribution in [1.29, 1.82) is 0 Å². The number of thiocarbonyl (C=S) groups is 1. The Labute approximate surface area is 186 Å². The van der Waals surface area contributed by atoms with Gasteiger partial charge in [0.1, 0.15) is 0 Å². The molecule has 6 heteroatoms. The molecule has 0 aliphatic heterocycles. The van der Waals surface area contributed by atoms with Gasteiger partial charge in [-0.1, -0.05) is 72.3 Å². The molecule has 150 valence electrons. The second-order valence-electron chi connectivity index (χ2n) is 6.83. The summed E-state index contributed by atoms with van der Waals surface area (Å²) < 4.78 is 0. The minimum absolute atomic E-state index is 0.495. The van der Waals surface area contributed by atoms with Gasteiger partial charge in [-0.25, -0.2) is 0 Å². The zero-order valence-corrected chi connectivity index (χ0v) is 17.8. The van der Waals surface area contributed by atoms with Crippen LogP contribution in [0, 0.1) is 0 Å². The molecule has 4 nitrogen and oxygen atoms in total. The molecule has 1 heterocycles. The van der Waals surface area contributed by atoms with Crippen LogP contribution in [0.2, 0.25) is 5.02 Å². The number of hydrazone groups is 1. The Morgan fingerprint density at radius 1 is 0.967 bits per heavy atom. The van der Waals surface area contributed by atoms with E-state index in [4.69, 9.17) is 23.8 Å². The fraction of sp³-hybridized carbons (Fsp3) is 0.0833. The van der Waals surface area contributed by atoms with Crippen molar-refractivity contribution in [2.24, 2.45) is 5.10 Å². The summed E-state index contributed by atoms with van der Waals surface area (Å²) in [6, 6.07) is 26.2. The van der Waals surface area contributed by atoms with E-state index in [1.54, 1.807) is 6.21 Å². The number of nitrogens with one attached hydrogen (secondary N) is 3. The fourth-order valence-corrected chi connectivity index (χ4v) is 3.58. The van der Waals surface area contributed by atoms with E-state index in [2.05, 4.69) is 45.1 Å². The molecule has 3 aromatic carbocycles. The quantitative estimate of drug-likeness (QED) is 0.213. The Kier molecular flexibility index (Phi) is 6.42. The average Bonchev–Trinajstić information content (AvgIpc) is 3.14. The number of nitrogens with zero attached hydrogens (tertiary/aromatic N) is 1.